The highest BCUT2D eigenvalue weighted by Crippen LogP contribution is 2.37. The van der Waals surface area contributed by atoms with Crippen LogP contribution < -0.4 is 5.73 Å². The number of aldehydes is 1. The standard InChI is InChI=1S/C13H10BrFN2O.BrH/c14-13(8-18,9-2-1-3-11(15)6-9)10-4-5-17-12(16)7-10;/h1-8H,(H2,16,17);1H. The maximum absolute atomic E-state index is 13.3. The van der Waals surface area contributed by atoms with Crippen molar-refractivity contribution in [3.8, 4) is 0 Å². The van der Waals surface area contributed by atoms with Crippen LogP contribution in [0.15, 0.2) is 42.6 Å². The van der Waals surface area contributed by atoms with Gasteiger partial charge in [-0.3, -0.25) is 0 Å². The van der Waals surface area contributed by atoms with Crippen LogP contribution >= 0.6 is 32.9 Å². The number of nitrogens with two attached hydrogens (primary N) is 1. The molecule has 0 radical (unpaired) electrons. The lowest BCUT2D eigenvalue weighted by Crippen LogP contribution is -2.22. The summed E-state index contributed by atoms with van der Waals surface area (Å²) in [4.78, 5) is 15.3. The summed E-state index contributed by atoms with van der Waals surface area (Å²) in [6.45, 7) is 0. The zero-order valence-electron chi connectivity index (χ0n) is 9.72. The van der Waals surface area contributed by atoms with E-state index >= 15 is 0 Å². The van der Waals surface area contributed by atoms with E-state index in [1.165, 1.54) is 18.3 Å². The van der Waals surface area contributed by atoms with Crippen LogP contribution in [0.25, 0.3) is 0 Å². The highest BCUT2D eigenvalue weighted by Gasteiger charge is 2.31. The van der Waals surface area contributed by atoms with Crippen molar-refractivity contribution >= 4 is 45.0 Å². The number of carbonyl (C=O) groups excluding carboxylic acids is 1. The Balaban J connectivity index is 0.00000180. The third kappa shape index (κ3) is 3.19. The normalized spacial score (nSPS) is 13.2. The van der Waals surface area contributed by atoms with Crippen LogP contribution in [0, 0.1) is 5.82 Å². The number of halogens is 3. The second kappa shape index (κ2) is 6.25. The molecule has 1 unspecified atom stereocenters. The van der Waals surface area contributed by atoms with E-state index in [4.69, 9.17) is 5.73 Å². The van der Waals surface area contributed by atoms with Gasteiger partial charge in [-0.15, -0.1) is 17.0 Å². The molecule has 0 fully saturated rings. The van der Waals surface area contributed by atoms with Crippen LogP contribution in [0.1, 0.15) is 11.1 Å². The minimum Gasteiger partial charge on any atom is -0.384 e. The minimum atomic E-state index is -1.12. The van der Waals surface area contributed by atoms with Gasteiger partial charge < -0.3 is 10.5 Å². The topological polar surface area (TPSA) is 56.0 Å². The summed E-state index contributed by atoms with van der Waals surface area (Å²) in [5.74, 6) is -0.102. The summed E-state index contributed by atoms with van der Waals surface area (Å²) in [6, 6.07) is 9.08. The largest absolute Gasteiger partial charge is 0.384 e. The number of pyridine rings is 1. The lowest BCUT2D eigenvalue weighted by atomic mass is 9.93. The molecule has 6 heteroatoms. The van der Waals surface area contributed by atoms with Crippen LogP contribution in [0.2, 0.25) is 0 Å². The number of benzene rings is 1. The van der Waals surface area contributed by atoms with Crippen molar-refractivity contribution < 1.29 is 9.18 Å². The van der Waals surface area contributed by atoms with Gasteiger partial charge >= 0.3 is 0 Å². The van der Waals surface area contributed by atoms with Crippen LogP contribution in [0.3, 0.4) is 0 Å². The Morgan fingerprint density at radius 3 is 2.53 bits per heavy atom. The average Bonchev–Trinajstić information content (AvgIpc) is 2.38. The number of aromatic nitrogens is 1. The number of nitrogens with zero attached hydrogens (tertiary/aromatic N) is 1. The Labute approximate surface area is 128 Å². The minimum absolute atomic E-state index is 0. The monoisotopic (exact) mass is 388 g/mol. The van der Waals surface area contributed by atoms with Crippen molar-refractivity contribution in [3.05, 3.63) is 59.5 Å². The molecule has 19 heavy (non-hydrogen) atoms. The van der Waals surface area contributed by atoms with Gasteiger partial charge in [0, 0.05) is 6.20 Å². The maximum atomic E-state index is 13.3. The van der Waals surface area contributed by atoms with Crippen molar-refractivity contribution in [1.29, 1.82) is 0 Å². The molecule has 2 rings (SSSR count). The van der Waals surface area contributed by atoms with Crippen LogP contribution in [0.4, 0.5) is 10.2 Å². The first-order chi connectivity index (χ1) is 8.56. The molecule has 3 nitrogen and oxygen atoms in total. The maximum Gasteiger partial charge on any atom is 0.145 e. The molecule has 1 atom stereocenters. The van der Waals surface area contributed by atoms with Crippen molar-refractivity contribution in [2.75, 3.05) is 5.73 Å². The fraction of sp³-hybridized carbons (Fsp3) is 0.0769. The van der Waals surface area contributed by atoms with E-state index in [-0.39, 0.29) is 17.0 Å². The summed E-state index contributed by atoms with van der Waals surface area (Å²) in [6.07, 6.45) is 2.21. The van der Waals surface area contributed by atoms with Gasteiger partial charge in [-0.05, 0) is 35.4 Å². The Bertz CT molecular complexity index is 547. The van der Waals surface area contributed by atoms with Gasteiger partial charge in [-0.2, -0.15) is 0 Å². The van der Waals surface area contributed by atoms with E-state index in [0.29, 0.717) is 23.2 Å². The highest BCUT2D eigenvalue weighted by molar-refractivity contribution is 9.10. The number of hydrogen-bond acceptors (Lipinski definition) is 3. The average molecular weight is 390 g/mol. The Kier molecular flexibility index (Phi) is 5.20. The van der Waals surface area contributed by atoms with Crippen LogP contribution in [-0.2, 0) is 9.12 Å². The molecule has 2 aromatic rings. The fourth-order valence-electron chi connectivity index (χ4n) is 1.69. The van der Waals surface area contributed by atoms with Crippen LogP contribution in [0.5, 0.6) is 0 Å². The van der Waals surface area contributed by atoms with E-state index in [1.54, 1.807) is 24.3 Å². The Hall–Kier alpha value is -1.27. The van der Waals surface area contributed by atoms with E-state index < -0.39 is 10.1 Å². The van der Waals surface area contributed by atoms with Gasteiger partial charge in [0.2, 0.25) is 0 Å². The van der Waals surface area contributed by atoms with Crippen molar-refractivity contribution in [2.24, 2.45) is 0 Å². The van der Waals surface area contributed by atoms with Crippen molar-refractivity contribution in [3.63, 3.8) is 0 Å². The number of rotatable bonds is 3. The molecule has 0 aliphatic rings. The molecule has 1 aromatic heterocycles. The molecule has 0 amide bonds. The molecule has 0 spiro atoms. The summed E-state index contributed by atoms with van der Waals surface area (Å²) in [5, 5.41) is 0. The highest BCUT2D eigenvalue weighted by atomic mass is 79.9. The summed E-state index contributed by atoms with van der Waals surface area (Å²) < 4.78 is 12.1. The first-order valence-corrected chi connectivity index (χ1v) is 5.99. The Morgan fingerprint density at radius 1 is 1.26 bits per heavy atom. The molecule has 0 aliphatic heterocycles. The zero-order valence-corrected chi connectivity index (χ0v) is 13.0. The first-order valence-electron chi connectivity index (χ1n) is 5.19. The molecule has 100 valence electrons. The van der Waals surface area contributed by atoms with E-state index in [1.807, 2.05) is 0 Å². The molecule has 0 bridgehead atoms. The second-order valence-electron chi connectivity index (χ2n) is 3.81. The zero-order chi connectivity index (χ0) is 13.2. The fourth-order valence-corrected chi connectivity index (χ4v) is 2.19. The number of alkyl halides is 1. The smallest absolute Gasteiger partial charge is 0.145 e. The predicted octanol–water partition coefficient (Wildman–Crippen LogP) is 3.22. The first kappa shape index (κ1) is 15.8. The number of nitrogen functional groups attached to an aromatic ring is 1. The van der Waals surface area contributed by atoms with Gasteiger partial charge in [0.15, 0.2) is 0 Å². The van der Waals surface area contributed by atoms with Gasteiger partial charge in [0.05, 0.1) is 0 Å². The lowest BCUT2D eigenvalue weighted by molar-refractivity contribution is -0.109. The SMILES string of the molecule is Br.Nc1cc(C(Br)(C=O)c2cccc(F)c2)ccn1. The predicted molar refractivity (Wildman–Crippen MR) is 81.1 cm³/mol. The summed E-state index contributed by atoms with van der Waals surface area (Å²) >= 11 is 3.35. The molecular weight excluding hydrogens is 379 g/mol. The van der Waals surface area contributed by atoms with E-state index in [0.717, 1.165) is 0 Å². The number of anilines is 1. The quantitative estimate of drug-likeness (QED) is 0.647. The molecule has 1 aromatic carbocycles. The third-order valence-electron chi connectivity index (χ3n) is 2.61. The van der Waals surface area contributed by atoms with Gasteiger partial charge in [-0.25, -0.2) is 9.37 Å². The van der Waals surface area contributed by atoms with Crippen molar-refractivity contribution in [2.45, 2.75) is 4.32 Å². The number of hydrogen-bond donors (Lipinski definition) is 1. The summed E-state index contributed by atoms with van der Waals surface area (Å²) in [7, 11) is 0. The summed E-state index contributed by atoms with van der Waals surface area (Å²) in [5.41, 5.74) is 6.71. The Morgan fingerprint density at radius 2 is 1.95 bits per heavy atom. The van der Waals surface area contributed by atoms with E-state index in [2.05, 4.69) is 20.9 Å². The molecule has 0 saturated heterocycles. The lowest BCUT2D eigenvalue weighted by Gasteiger charge is -2.22. The molecular formula is C13H11Br2FN2O. The van der Waals surface area contributed by atoms with Crippen LogP contribution in [-0.4, -0.2) is 11.3 Å². The van der Waals surface area contributed by atoms with Gasteiger partial charge in [-0.1, -0.05) is 28.1 Å². The molecule has 0 aliphatic carbocycles. The third-order valence-corrected chi connectivity index (χ3v) is 3.71. The van der Waals surface area contributed by atoms with Gasteiger partial charge in [0.25, 0.3) is 0 Å². The molecule has 0 saturated carbocycles. The number of carbonyl (C=O) groups is 1. The van der Waals surface area contributed by atoms with E-state index in [9.17, 15) is 9.18 Å². The second-order valence-corrected chi connectivity index (χ2v) is 5.06. The molecule has 1 heterocycles. The van der Waals surface area contributed by atoms with Gasteiger partial charge in [0.1, 0.15) is 22.2 Å². The van der Waals surface area contributed by atoms with Crippen molar-refractivity contribution in [1.82, 2.24) is 4.98 Å². The molecule has 2 N–H and O–H groups in total.